The van der Waals surface area contributed by atoms with Crippen LogP contribution in [0.2, 0.25) is 0 Å². The average Bonchev–Trinajstić information content (AvgIpc) is 2.74. The Bertz CT molecular complexity index is 1090. The third-order valence-corrected chi connectivity index (χ3v) is 6.01. The van der Waals surface area contributed by atoms with E-state index in [0.29, 0.717) is 10.8 Å². The summed E-state index contributed by atoms with van der Waals surface area (Å²) in [5.41, 5.74) is 3.10. The number of nitrogens with one attached hydrogen (secondary N) is 3. The van der Waals surface area contributed by atoms with Crippen molar-refractivity contribution < 1.29 is 8.42 Å². The predicted octanol–water partition coefficient (Wildman–Crippen LogP) is 3.89. The van der Waals surface area contributed by atoms with Gasteiger partial charge in [-0.3, -0.25) is 0 Å². The number of hydrogen-bond acceptors (Lipinski definition) is 5. The Hall–Kier alpha value is -3.04. The molecular weight excluding hydrogens is 418 g/mol. The number of benzene rings is 2. The highest BCUT2D eigenvalue weighted by Gasteiger charge is 2.15. The Balaban J connectivity index is 1.59. The maximum atomic E-state index is 12.4. The van der Waals surface area contributed by atoms with Crippen molar-refractivity contribution in [2.45, 2.75) is 31.2 Å². The van der Waals surface area contributed by atoms with Gasteiger partial charge in [-0.05, 0) is 67.0 Å². The summed E-state index contributed by atoms with van der Waals surface area (Å²) in [6.45, 7) is 4.15. The topological polar surface area (TPSA) is 96.0 Å². The van der Waals surface area contributed by atoms with Crippen molar-refractivity contribution in [1.29, 1.82) is 0 Å². The monoisotopic (exact) mass is 441 g/mol. The van der Waals surface area contributed by atoms with Crippen molar-refractivity contribution in [3.63, 3.8) is 0 Å². The minimum Gasteiger partial charge on any atom is -0.356 e. The average molecular weight is 442 g/mol. The summed E-state index contributed by atoms with van der Waals surface area (Å²) in [6, 6.07) is 16.3. The smallest absolute Gasteiger partial charge is 0.264 e. The molecule has 0 spiro atoms. The molecule has 0 bridgehead atoms. The first kappa shape index (κ1) is 21.7. The molecule has 1 unspecified atom stereocenters. The van der Waals surface area contributed by atoms with Crippen molar-refractivity contribution in [1.82, 2.24) is 15.3 Å². The fraction of sp³-hybridized carbons (Fsp3) is 0.190. The summed E-state index contributed by atoms with van der Waals surface area (Å²) in [5, 5.41) is 6.76. The Morgan fingerprint density at radius 1 is 1.03 bits per heavy atom. The van der Waals surface area contributed by atoms with Crippen molar-refractivity contribution in [2.75, 3.05) is 10.0 Å². The van der Waals surface area contributed by atoms with Crippen molar-refractivity contribution >= 4 is 39.0 Å². The van der Waals surface area contributed by atoms with Crippen LogP contribution in [0.1, 0.15) is 31.0 Å². The van der Waals surface area contributed by atoms with Crippen LogP contribution in [0.4, 0.5) is 11.6 Å². The van der Waals surface area contributed by atoms with Gasteiger partial charge in [-0.25, -0.2) is 23.1 Å². The molecule has 0 saturated heterocycles. The number of hydrogen-bond donors (Lipinski definition) is 3. The second kappa shape index (κ2) is 9.64. The van der Waals surface area contributed by atoms with Crippen LogP contribution >= 0.6 is 12.2 Å². The van der Waals surface area contributed by atoms with Crippen molar-refractivity contribution in [3.8, 4) is 0 Å². The number of thiocarbonyl (C=S) groups is 1. The number of aromatic nitrogens is 2. The van der Waals surface area contributed by atoms with Crippen LogP contribution in [-0.4, -0.2) is 23.5 Å². The highest BCUT2D eigenvalue weighted by Crippen LogP contribution is 2.17. The third kappa shape index (κ3) is 5.74. The zero-order valence-electron chi connectivity index (χ0n) is 16.7. The van der Waals surface area contributed by atoms with Gasteiger partial charge in [0.2, 0.25) is 5.95 Å². The molecule has 1 aromatic heterocycles. The zero-order valence-corrected chi connectivity index (χ0v) is 18.3. The summed E-state index contributed by atoms with van der Waals surface area (Å²) in [6.07, 6.45) is 3.93. The Morgan fingerprint density at radius 2 is 1.67 bits per heavy atom. The van der Waals surface area contributed by atoms with Gasteiger partial charge in [-0.15, -0.1) is 0 Å². The van der Waals surface area contributed by atoms with Gasteiger partial charge in [0.1, 0.15) is 0 Å². The van der Waals surface area contributed by atoms with Crippen LogP contribution in [0.5, 0.6) is 0 Å². The second-order valence-electron chi connectivity index (χ2n) is 6.62. The van der Waals surface area contributed by atoms with E-state index >= 15 is 0 Å². The minimum absolute atomic E-state index is 0.0195. The van der Waals surface area contributed by atoms with Crippen LogP contribution in [0.15, 0.2) is 71.9 Å². The lowest BCUT2D eigenvalue weighted by molar-refractivity contribution is 0.601. The van der Waals surface area contributed by atoms with Gasteiger partial charge in [0.05, 0.1) is 10.9 Å². The molecule has 0 radical (unpaired) electrons. The van der Waals surface area contributed by atoms with Crippen LogP contribution < -0.4 is 15.4 Å². The number of anilines is 2. The number of sulfonamides is 1. The second-order valence-corrected chi connectivity index (χ2v) is 8.71. The minimum atomic E-state index is -3.77. The molecular formula is C21H23N5O2S2. The summed E-state index contributed by atoms with van der Waals surface area (Å²) < 4.78 is 27.2. The van der Waals surface area contributed by atoms with Gasteiger partial charge in [-0.2, -0.15) is 0 Å². The van der Waals surface area contributed by atoms with E-state index in [0.717, 1.165) is 12.0 Å². The van der Waals surface area contributed by atoms with E-state index in [1.165, 1.54) is 30.1 Å². The molecule has 0 saturated carbocycles. The molecule has 3 N–H and O–H groups in total. The van der Waals surface area contributed by atoms with E-state index in [4.69, 9.17) is 12.2 Å². The van der Waals surface area contributed by atoms with E-state index in [-0.39, 0.29) is 16.9 Å². The highest BCUT2D eigenvalue weighted by molar-refractivity contribution is 7.92. The molecule has 0 fully saturated rings. The van der Waals surface area contributed by atoms with Gasteiger partial charge in [-0.1, -0.05) is 31.2 Å². The number of rotatable bonds is 7. The van der Waals surface area contributed by atoms with Gasteiger partial charge in [0.15, 0.2) is 5.11 Å². The first-order valence-electron chi connectivity index (χ1n) is 9.43. The van der Waals surface area contributed by atoms with Crippen LogP contribution in [0.3, 0.4) is 0 Å². The maximum absolute atomic E-state index is 12.4. The quantitative estimate of drug-likeness (QED) is 0.479. The first-order valence-corrected chi connectivity index (χ1v) is 11.3. The van der Waals surface area contributed by atoms with Gasteiger partial charge in [0.25, 0.3) is 10.0 Å². The Morgan fingerprint density at radius 3 is 2.27 bits per heavy atom. The fourth-order valence-corrected chi connectivity index (χ4v) is 3.99. The molecule has 2 aromatic carbocycles. The van der Waals surface area contributed by atoms with Crippen LogP contribution in [0.25, 0.3) is 0 Å². The van der Waals surface area contributed by atoms with Crippen molar-refractivity contribution in [2.24, 2.45) is 0 Å². The molecule has 9 heteroatoms. The SMILES string of the molecule is CCc1ccc(C(C)NC(=S)Nc2ccc(S(=O)(=O)Nc3ncccn3)cc2)cc1. The summed E-state index contributed by atoms with van der Waals surface area (Å²) in [5.74, 6) is 0.0195. The molecule has 0 aliphatic heterocycles. The lowest BCUT2D eigenvalue weighted by atomic mass is 10.1. The molecule has 30 heavy (non-hydrogen) atoms. The molecule has 1 heterocycles. The maximum Gasteiger partial charge on any atom is 0.264 e. The normalized spacial score (nSPS) is 12.1. The largest absolute Gasteiger partial charge is 0.356 e. The van der Waals surface area contributed by atoms with Crippen molar-refractivity contribution in [3.05, 3.63) is 78.1 Å². The van der Waals surface area contributed by atoms with Gasteiger partial charge in [0, 0.05) is 18.1 Å². The third-order valence-electron chi connectivity index (χ3n) is 4.45. The van der Waals surface area contributed by atoms with Gasteiger partial charge < -0.3 is 10.6 Å². The lowest BCUT2D eigenvalue weighted by Crippen LogP contribution is -2.30. The standard InChI is InChI=1S/C21H23N5O2S2/c1-3-16-5-7-17(8-6-16)15(2)24-21(29)25-18-9-11-19(12-10-18)30(27,28)26-20-22-13-4-14-23-20/h4-15H,3H2,1-2H3,(H,22,23,26)(H2,24,25,29). The molecule has 0 amide bonds. The summed E-state index contributed by atoms with van der Waals surface area (Å²) in [4.78, 5) is 7.84. The molecule has 1 atom stereocenters. The summed E-state index contributed by atoms with van der Waals surface area (Å²) in [7, 11) is -3.77. The van der Waals surface area contributed by atoms with E-state index in [1.54, 1.807) is 18.2 Å². The zero-order chi connectivity index (χ0) is 21.6. The number of nitrogens with zero attached hydrogens (tertiary/aromatic N) is 2. The van der Waals surface area contributed by atoms with Gasteiger partial charge >= 0.3 is 0 Å². The molecule has 156 valence electrons. The molecule has 7 nitrogen and oxygen atoms in total. The van der Waals surface area contributed by atoms with Crippen LogP contribution in [0, 0.1) is 0 Å². The lowest BCUT2D eigenvalue weighted by Gasteiger charge is -2.18. The Labute approximate surface area is 182 Å². The highest BCUT2D eigenvalue weighted by atomic mass is 32.2. The molecule has 3 aromatic rings. The van der Waals surface area contributed by atoms with E-state index < -0.39 is 10.0 Å². The van der Waals surface area contributed by atoms with Crippen LogP contribution in [-0.2, 0) is 16.4 Å². The predicted molar refractivity (Wildman–Crippen MR) is 123 cm³/mol. The number of aryl methyl sites for hydroxylation is 1. The molecule has 3 rings (SSSR count). The van der Waals surface area contributed by atoms with E-state index in [9.17, 15) is 8.42 Å². The fourth-order valence-electron chi connectivity index (χ4n) is 2.74. The summed E-state index contributed by atoms with van der Waals surface area (Å²) >= 11 is 5.38. The molecule has 0 aliphatic rings. The Kier molecular flexibility index (Phi) is 6.96. The first-order chi connectivity index (χ1) is 14.4. The van der Waals surface area contributed by atoms with E-state index in [2.05, 4.69) is 56.5 Å². The molecule has 0 aliphatic carbocycles. The van der Waals surface area contributed by atoms with E-state index in [1.807, 2.05) is 6.92 Å².